The number of likely N-dealkylation sites (tertiary alicyclic amines) is 1. The molecule has 1 saturated carbocycles. The van der Waals surface area contributed by atoms with Crippen LogP contribution >= 0.6 is 0 Å². The molecule has 3 atom stereocenters. The van der Waals surface area contributed by atoms with Crippen molar-refractivity contribution in [1.29, 1.82) is 0 Å². The topological polar surface area (TPSA) is 102 Å². The van der Waals surface area contributed by atoms with Gasteiger partial charge in [-0.15, -0.1) is 0 Å². The fourth-order valence-electron chi connectivity index (χ4n) is 3.21. The molecule has 1 aromatic rings. The van der Waals surface area contributed by atoms with E-state index in [4.69, 9.17) is 0 Å². The number of aliphatic hydroxyl groups is 1. The molecule has 1 aliphatic heterocycles. The maximum Gasteiger partial charge on any atom is 0.307 e. The van der Waals surface area contributed by atoms with Crippen molar-refractivity contribution in [1.82, 2.24) is 14.7 Å². The van der Waals surface area contributed by atoms with E-state index >= 15 is 0 Å². The Morgan fingerprint density at radius 3 is 2.95 bits per heavy atom. The number of fused-ring (bicyclic) bond motifs is 1. The lowest BCUT2D eigenvalue weighted by atomic mass is 10.00. The first-order chi connectivity index (χ1) is 9.54. The molecule has 3 unspecified atom stereocenters. The van der Waals surface area contributed by atoms with Crippen LogP contribution in [0.1, 0.15) is 12.8 Å². The molecule has 2 fully saturated rings. The number of carbonyl (C=O) groups excluding carboxylic acids is 1. The number of nitrogens with zero attached hydrogens (tertiary/aromatic N) is 4. The highest BCUT2D eigenvalue weighted by Crippen LogP contribution is 2.38. The zero-order chi connectivity index (χ0) is 14.3. The summed E-state index contributed by atoms with van der Waals surface area (Å²) in [5, 5.41) is 24.2. The van der Waals surface area contributed by atoms with Gasteiger partial charge in [-0.05, 0) is 18.8 Å². The summed E-state index contributed by atoms with van der Waals surface area (Å²) in [4.78, 5) is 23.9. The normalized spacial score (nSPS) is 28.6. The van der Waals surface area contributed by atoms with Gasteiger partial charge in [-0.25, -0.2) is 0 Å². The minimum absolute atomic E-state index is 0.00335. The van der Waals surface area contributed by atoms with Crippen molar-refractivity contribution in [2.24, 2.45) is 11.8 Å². The molecule has 2 heterocycles. The Morgan fingerprint density at radius 1 is 1.50 bits per heavy atom. The smallest absolute Gasteiger partial charge is 0.307 e. The van der Waals surface area contributed by atoms with Crippen LogP contribution < -0.4 is 0 Å². The molecule has 108 valence electrons. The third-order valence-electron chi connectivity index (χ3n) is 4.30. The molecule has 0 bridgehead atoms. The molecule has 20 heavy (non-hydrogen) atoms. The number of aromatic nitrogens is 2. The maximum absolute atomic E-state index is 12.1. The Bertz CT molecular complexity index is 543. The van der Waals surface area contributed by atoms with Gasteiger partial charge in [0, 0.05) is 19.0 Å². The van der Waals surface area contributed by atoms with Crippen molar-refractivity contribution in [2.75, 3.05) is 13.1 Å². The molecule has 8 nitrogen and oxygen atoms in total. The second kappa shape index (κ2) is 4.86. The Morgan fingerprint density at radius 2 is 2.30 bits per heavy atom. The highest BCUT2D eigenvalue weighted by Gasteiger charge is 2.43. The van der Waals surface area contributed by atoms with Gasteiger partial charge in [0.15, 0.2) is 0 Å². The fourth-order valence-corrected chi connectivity index (χ4v) is 3.21. The molecular formula is C12H16N4O4. The van der Waals surface area contributed by atoms with Gasteiger partial charge in [-0.2, -0.15) is 5.10 Å². The Hall–Kier alpha value is -1.96. The third kappa shape index (κ3) is 2.26. The first kappa shape index (κ1) is 13.0. The lowest BCUT2D eigenvalue weighted by molar-refractivity contribution is -0.385. The summed E-state index contributed by atoms with van der Waals surface area (Å²) in [6, 6.07) is 0. The van der Waals surface area contributed by atoms with E-state index < -0.39 is 4.92 Å². The minimum Gasteiger partial charge on any atom is -0.393 e. The van der Waals surface area contributed by atoms with Crippen LogP contribution in [0.4, 0.5) is 5.69 Å². The number of nitro groups is 1. The molecule has 0 aromatic carbocycles. The number of hydrogen-bond donors (Lipinski definition) is 1. The van der Waals surface area contributed by atoms with Crippen molar-refractivity contribution >= 4 is 11.6 Å². The molecule has 1 aliphatic carbocycles. The first-order valence-electron chi connectivity index (χ1n) is 6.67. The number of rotatable bonds is 3. The molecule has 0 radical (unpaired) electrons. The predicted octanol–water partition coefficient (Wildman–Crippen LogP) is 0.0206. The molecule has 8 heteroatoms. The Kier molecular flexibility index (Phi) is 3.17. The van der Waals surface area contributed by atoms with E-state index in [1.165, 1.54) is 10.9 Å². The largest absolute Gasteiger partial charge is 0.393 e. The zero-order valence-corrected chi connectivity index (χ0v) is 10.9. The summed E-state index contributed by atoms with van der Waals surface area (Å²) in [5.74, 6) is 0.469. The summed E-state index contributed by atoms with van der Waals surface area (Å²) in [5.41, 5.74) is -0.119. The summed E-state index contributed by atoms with van der Waals surface area (Å²) in [6.45, 7) is 1.25. The van der Waals surface area contributed by atoms with E-state index in [-0.39, 0.29) is 30.2 Å². The van der Waals surface area contributed by atoms with E-state index in [1.54, 1.807) is 4.90 Å². The predicted molar refractivity (Wildman–Crippen MR) is 67.7 cm³/mol. The highest BCUT2D eigenvalue weighted by atomic mass is 16.6. The van der Waals surface area contributed by atoms with Crippen LogP contribution in [0, 0.1) is 22.0 Å². The van der Waals surface area contributed by atoms with Crippen LogP contribution in [-0.4, -0.2) is 49.8 Å². The molecule has 1 aromatic heterocycles. The van der Waals surface area contributed by atoms with Crippen LogP contribution in [0.5, 0.6) is 0 Å². The van der Waals surface area contributed by atoms with Crippen molar-refractivity contribution in [3.8, 4) is 0 Å². The molecule has 3 rings (SSSR count). The molecule has 1 amide bonds. The fraction of sp³-hybridized carbons (Fsp3) is 0.667. The molecule has 1 N–H and O–H groups in total. The average Bonchev–Trinajstić information content (AvgIpc) is 3.07. The van der Waals surface area contributed by atoms with E-state index in [0.29, 0.717) is 19.0 Å². The van der Waals surface area contributed by atoms with Crippen molar-refractivity contribution in [3.05, 3.63) is 22.5 Å². The van der Waals surface area contributed by atoms with E-state index in [9.17, 15) is 20.0 Å². The van der Waals surface area contributed by atoms with Gasteiger partial charge >= 0.3 is 5.69 Å². The summed E-state index contributed by atoms with van der Waals surface area (Å²) in [6.07, 6.45) is 3.87. The van der Waals surface area contributed by atoms with Gasteiger partial charge in [0.05, 0.1) is 11.0 Å². The third-order valence-corrected chi connectivity index (χ3v) is 4.30. The van der Waals surface area contributed by atoms with Gasteiger partial charge in [-0.1, -0.05) is 0 Å². The van der Waals surface area contributed by atoms with Crippen LogP contribution in [0.3, 0.4) is 0 Å². The quantitative estimate of drug-likeness (QED) is 0.621. The molecular weight excluding hydrogens is 264 g/mol. The molecule has 0 spiro atoms. The Balaban J connectivity index is 1.61. The molecule has 2 aliphatic rings. The average molecular weight is 280 g/mol. The summed E-state index contributed by atoms with van der Waals surface area (Å²) in [7, 11) is 0. The Labute approximate surface area is 115 Å². The van der Waals surface area contributed by atoms with E-state index in [0.717, 1.165) is 19.0 Å². The maximum atomic E-state index is 12.1. The zero-order valence-electron chi connectivity index (χ0n) is 10.9. The van der Waals surface area contributed by atoms with Crippen molar-refractivity contribution < 1.29 is 14.8 Å². The van der Waals surface area contributed by atoms with Crippen molar-refractivity contribution in [3.63, 3.8) is 0 Å². The van der Waals surface area contributed by atoms with Gasteiger partial charge in [0.25, 0.3) is 0 Å². The number of hydrogen-bond acceptors (Lipinski definition) is 5. The highest BCUT2D eigenvalue weighted by molar-refractivity contribution is 5.76. The van der Waals surface area contributed by atoms with Gasteiger partial charge in [-0.3, -0.25) is 19.6 Å². The second-order valence-electron chi connectivity index (χ2n) is 5.52. The van der Waals surface area contributed by atoms with Crippen LogP contribution in [0.2, 0.25) is 0 Å². The summed E-state index contributed by atoms with van der Waals surface area (Å²) >= 11 is 0. The van der Waals surface area contributed by atoms with Crippen LogP contribution in [-0.2, 0) is 11.3 Å². The lowest BCUT2D eigenvalue weighted by Gasteiger charge is -2.18. The lowest BCUT2D eigenvalue weighted by Crippen LogP contribution is -2.33. The number of carbonyl (C=O) groups is 1. The van der Waals surface area contributed by atoms with E-state index in [2.05, 4.69) is 5.10 Å². The number of aliphatic hydroxyl groups excluding tert-OH is 1. The standard InChI is InChI=1S/C12H16N4O4/c17-11-2-1-8-4-14(6-10(8)11)12(18)7-15-5-9(3-13-15)16(19)20/h3,5,8,10-11,17H,1-2,4,6-7H2. The summed E-state index contributed by atoms with van der Waals surface area (Å²) < 4.78 is 1.28. The SMILES string of the molecule is O=C(Cn1cc([N+](=O)[O-])cn1)N1CC2CCC(O)C2C1. The number of amides is 1. The monoisotopic (exact) mass is 280 g/mol. The van der Waals surface area contributed by atoms with Gasteiger partial charge < -0.3 is 10.0 Å². The van der Waals surface area contributed by atoms with Crippen LogP contribution in [0.25, 0.3) is 0 Å². The van der Waals surface area contributed by atoms with Gasteiger partial charge in [0.1, 0.15) is 18.9 Å². The second-order valence-corrected chi connectivity index (χ2v) is 5.52. The van der Waals surface area contributed by atoms with Crippen molar-refractivity contribution in [2.45, 2.75) is 25.5 Å². The van der Waals surface area contributed by atoms with Crippen LogP contribution in [0.15, 0.2) is 12.4 Å². The van der Waals surface area contributed by atoms with Gasteiger partial charge in [0.2, 0.25) is 5.91 Å². The minimum atomic E-state index is -0.537. The first-order valence-corrected chi connectivity index (χ1v) is 6.67. The van der Waals surface area contributed by atoms with E-state index in [1.807, 2.05) is 0 Å². The molecule has 1 saturated heterocycles.